The van der Waals surface area contributed by atoms with E-state index in [1.165, 1.54) is 11.8 Å². The lowest BCUT2D eigenvalue weighted by atomic mass is 10.1. The van der Waals surface area contributed by atoms with Crippen LogP contribution in [0.1, 0.15) is 27.9 Å². The number of ether oxygens (including phenoxy) is 1. The predicted molar refractivity (Wildman–Crippen MR) is 129 cm³/mol. The molecular formula is C25H26N4O4S. The minimum Gasteiger partial charge on any atom is -0.460 e. The fraction of sp³-hybridized carbons (Fsp3) is 0.280. The monoisotopic (exact) mass is 478 g/mol. The summed E-state index contributed by atoms with van der Waals surface area (Å²) in [7, 11) is 0. The van der Waals surface area contributed by atoms with E-state index in [1.54, 1.807) is 4.90 Å². The second kappa shape index (κ2) is 10.6. The van der Waals surface area contributed by atoms with Crippen LogP contribution in [0.4, 0.5) is 0 Å². The third-order valence-electron chi connectivity index (χ3n) is 5.55. The summed E-state index contributed by atoms with van der Waals surface area (Å²) >= 11 is 1.47. The molecule has 3 aromatic rings. The molecule has 1 fully saturated rings. The molecule has 1 saturated heterocycles. The Balaban J connectivity index is 1.38. The van der Waals surface area contributed by atoms with Gasteiger partial charge in [-0.3, -0.25) is 14.4 Å². The second-order valence-corrected chi connectivity index (χ2v) is 9.01. The largest absolute Gasteiger partial charge is 0.460 e. The van der Waals surface area contributed by atoms with E-state index < -0.39 is 11.9 Å². The Morgan fingerprint density at radius 3 is 2.47 bits per heavy atom. The number of nitrogens with one attached hydrogen (secondary N) is 1. The molecule has 1 N–H and O–H groups in total. The van der Waals surface area contributed by atoms with Crippen LogP contribution in [0.15, 0.2) is 60.7 Å². The Morgan fingerprint density at radius 2 is 1.76 bits per heavy atom. The zero-order chi connectivity index (χ0) is 24.1. The van der Waals surface area contributed by atoms with Crippen molar-refractivity contribution in [3.05, 3.63) is 83.2 Å². The number of hydrogen-bond donors (Lipinski definition) is 1. The second-order valence-electron chi connectivity index (χ2n) is 7.94. The summed E-state index contributed by atoms with van der Waals surface area (Å²) in [5.74, 6) is -0.787. The summed E-state index contributed by atoms with van der Waals surface area (Å²) in [5, 5.41) is 6.91. The van der Waals surface area contributed by atoms with Crippen molar-refractivity contribution in [3.8, 4) is 5.69 Å². The van der Waals surface area contributed by atoms with E-state index in [-0.39, 0.29) is 36.7 Å². The molecule has 1 aliphatic heterocycles. The van der Waals surface area contributed by atoms with E-state index in [0.717, 1.165) is 28.2 Å². The van der Waals surface area contributed by atoms with Gasteiger partial charge in [-0.05, 0) is 31.5 Å². The first-order valence-electron chi connectivity index (χ1n) is 10.9. The number of rotatable bonds is 8. The lowest BCUT2D eigenvalue weighted by Gasteiger charge is -2.24. The fourth-order valence-electron chi connectivity index (χ4n) is 3.87. The zero-order valence-electron chi connectivity index (χ0n) is 19.1. The molecule has 1 atom stereocenters. The average Bonchev–Trinajstić information content (AvgIpc) is 3.35. The number of nitrogens with zero attached hydrogens (tertiary/aromatic N) is 3. The van der Waals surface area contributed by atoms with Crippen molar-refractivity contribution in [2.75, 3.05) is 18.8 Å². The normalized spacial score (nSPS) is 15.4. The smallest absolute Gasteiger partial charge is 0.325 e. The van der Waals surface area contributed by atoms with Crippen molar-refractivity contribution in [3.63, 3.8) is 0 Å². The molecule has 0 radical (unpaired) electrons. The highest BCUT2D eigenvalue weighted by atomic mass is 32.2. The van der Waals surface area contributed by atoms with Gasteiger partial charge >= 0.3 is 5.97 Å². The average molecular weight is 479 g/mol. The maximum Gasteiger partial charge on any atom is 0.325 e. The van der Waals surface area contributed by atoms with Gasteiger partial charge in [0.2, 0.25) is 11.8 Å². The van der Waals surface area contributed by atoms with Gasteiger partial charge in [0.1, 0.15) is 25.1 Å². The summed E-state index contributed by atoms with van der Waals surface area (Å²) < 4.78 is 7.04. The third-order valence-corrected chi connectivity index (χ3v) is 6.77. The predicted octanol–water partition coefficient (Wildman–Crippen LogP) is 2.92. The SMILES string of the molecule is Cc1nn(-c2ccccc2)c(C)c1C1SCC(=O)N1CC(=O)NCC(=O)OCc1ccccc1. The van der Waals surface area contributed by atoms with Crippen LogP contribution in [0.3, 0.4) is 0 Å². The molecule has 4 rings (SSSR count). The number of aryl methyl sites for hydroxylation is 1. The summed E-state index contributed by atoms with van der Waals surface area (Å²) in [6, 6.07) is 19.1. The number of benzene rings is 2. The summed E-state index contributed by atoms with van der Waals surface area (Å²) in [6.07, 6.45) is 0. The van der Waals surface area contributed by atoms with Crippen molar-refractivity contribution < 1.29 is 19.1 Å². The number of carbonyl (C=O) groups excluding carboxylic acids is 3. The lowest BCUT2D eigenvalue weighted by molar-refractivity contribution is -0.145. The minimum atomic E-state index is -0.535. The Bertz CT molecular complexity index is 1180. The summed E-state index contributed by atoms with van der Waals surface area (Å²) in [5.41, 5.74) is 4.46. The van der Waals surface area contributed by atoms with Gasteiger partial charge in [0, 0.05) is 11.3 Å². The first-order chi connectivity index (χ1) is 16.4. The van der Waals surface area contributed by atoms with Crippen LogP contribution in [-0.4, -0.2) is 51.3 Å². The Morgan fingerprint density at radius 1 is 1.09 bits per heavy atom. The van der Waals surface area contributed by atoms with Crippen LogP contribution in [0.25, 0.3) is 5.69 Å². The Hall–Kier alpha value is -3.59. The number of thioether (sulfide) groups is 1. The van der Waals surface area contributed by atoms with Crippen molar-refractivity contribution in [2.24, 2.45) is 0 Å². The van der Waals surface area contributed by atoms with E-state index in [9.17, 15) is 14.4 Å². The van der Waals surface area contributed by atoms with E-state index in [1.807, 2.05) is 79.2 Å². The Kier molecular flexibility index (Phi) is 7.32. The Labute approximate surface area is 202 Å². The van der Waals surface area contributed by atoms with Gasteiger partial charge in [0.15, 0.2) is 0 Å². The van der Waals surface area contributed by atoms with Crippen molar-refractivity contribution in [1.82, 2.24) is 20.0 Å². The maximum atomic E-state index is 12.6. The number of carbonyl (C=O) groups is 3. The highest BCUT2D eigenvalue weighted by molar-refractivity contribution is 8.00. The molecule has 2 amide bonds. The molecule has 9 heteroatoms. The topological polar surface area (TPSA) is 93.5 Å². The molecule has 0 spiro atoms. The van der Waals surface area contributed by atoms with Gasteiger partial charge < -0.3 is 15.0 Å². The number of hydrogen-bond acceptors (Lipinski definition) is 6. The number of para-hydroxylation sites is 1. The highest BCUT2D eigenvalue weighted by Gasteiger charge is 2.37. The molecule has 1 unspecified atom stereocenters. The molecule has 2 aromatic carbocycles. The minimum absolute atomic E-state index is 0.122. The van der Waals surface area contributed by atoms with Crippen LogP contribution in [0.2, 0.25) is 0 Å². The third kappa shape index (κ3) is 5.31. The van der Waals surface area contributed by atoms with E-state index in [0.29, 0.717) is 0 Å². The first kappa shape index (κ1) is 23.6. The standard InChI is InChI=1S/C25H26N4O4S/c1-17-24(18(2)29(27-17)20-11-7-4-8-12-20)25-28(22(31)16-34-25)14-21(30)26-13-23(32)33-15-19-9-5-3-6-10-19/h3-12,25H,13-16H2,1-2H3,(H,26,30). The number of esters is 1. The van der Waals surface area contributed by atoms with Crippen molar-refractivity contribution >= 4 is 29.5 Å². The molecule has 0 bridgehead atoms. The zero-order valence-corrected chi connectivity index (χ0v) is 19.9. The van der Waals surface area contributed by atoms with Gasteiger partial charge in [-0.1, -0.05) is 48.5 Å². The first-order valence-corrected chi connectivity index (χ1v) is 12.0. The van der Waals surface area contributed by atoms with Crippen molar-refractivity contribution in [1.29, 1.82) is 0 Å². The van der Waals surface area contributed by atoms with E-state index in [2.05, 4.69) is 10.4 Å². The summed E-state index contributed by atoms with van der Waals surface area (Å²) in [6.45, 7) is 3.62. The van der Waals surface area contributed by atoms with Crippen LogP contribution in [0, 0.1) is 13.8 Å². The molecule has 34 heavy (non-hydrogen) atoms. The quantitative estimate of drug-likeness (QED) is 0.501. The van der Waals surface area contributed by atoms with Gasteiger partial charge in [-0.2, -0.15) is 5.10 Å². The van der Waals surface area contributed by atoms with Crippen LogP contribution < -0.4 is 5.32 Å². The molecule has 1 aromatic heterocycles. The number of aromatic nitrogens is 2. The molecule has 0 saturated carbocycles. The molecular weight excluding hydrogens is 452 g/mol. The molecule has 1 aliphatic rings. The van der Waals surface area contributed by atoms with Crippen LogP contribution in [0.5, 0.6) is 0 Å². The van der Waals surface area contributed by atoms with E-state index >= 15 is 0 Å². The van der Waals surface area contributed by atoms with Gasteiger partial charge in [-0.25, -0.2) is 4.68 Å². The number of amides is 2. The van der Waals surface area contributed by atoms with Gasteiger partial charge in [0.05, 0.1) is 17.1 Å². The molecule has 2 heterocycles. The highest BCUT2D eigenvalue weighted by Crippen LogP contribution is 2.41. The van der Waals surface area contributed by atoms with Gasteiger partial charge in [0.25, 0.3) is 0 Å². The van der Waals surface area contributed by atoms with Crippen molar-refractivity contribution in [2.45, 2.75) is 25.8 Å². The molecule has 8 nitrogen and oxygen atoms in total. The molecule has 0 aliphatic carbocycles. The van der Waals surface area contributed by atoms with E-state index in [4.69, 9.17) is 4.74 Å². The lowest BCUT2D eigenvalue weighted by Crippen LogP contribution is -2.41. The van der Waals surface area contributed by atoms with Crippen LogP contribution in [-0.2, 0) is 25.7 Å². The van der Waals surface area contributed by atoms with Gasteiger partial charge in [-0.15, -0.1) is 11.8 Å². The summed E-state index contributed by atoms with van der Waals surface area (Å²) in [4.78, 5) is 38.7. The van der Waals surface area contributed by atoms with Crippen LogP contribution >= 0.6 is 11.8 Å². The fourth-order valence-corrected chi connectivity index (χ4v) is 5.21. The molecule has 176 valence electrons. The maximum absolute atomic E-state index is 12.6.